The molecule has 1 aliphatic rings. The number of aliphatic hydroxyl groups excluding tert-OH is 3. The van der Waals surface area contributed by atoms with Gasteiger partial charge in [-0.1, -0.05) is 0 Å². The fraction of sp³-hybridized carbons (Fsp3) is 0.857. The zero-order valence-electron chi connectivity index (χ0n) is 7.36. The standard InChI is InChI=1S/C7H12O7/c1-7(13)5(10)3(9)2(8)4(14-7)6(11)12/h2-5,8-10,13H,1H3,(H,11,12)/t2-,3-,4-,5+,7+/m0/s1. The molecule has 1 fully saturated rings. The fourth-order valence-corrected chi connectivity index (χ4v) is 1.28. The summed E-state index contributed by atoms with van der Waals surface area (Å²) in [5.74, 6) is -3.72. The van der Waals surface area contributed by atoms with Crippen molar-refractivity contribution in [1.29, 1.82) is 0 Å². The van der Waals surface area contributed by atoms with Gasteiger partial charge in [0.1, 0.15) is 18.3 Å². The molecule has 0 unspecified atom stereocenters. The Kier molecular flexibility index (Phi) is 2.79. The highest BCUT2D eigenvalue weighted by molar-refractivity contribution is 5.73. The molecule has 1 heterocycles. The van der Waals surface area contributed by atoms with Gasteiger partial charge >= 0.3 is 5.97 Å². The van der Waals surface area contributed by atoms with Crippen LogP contribution in [0.5, 0.6) is 0 Å². The van der Waals surface area contributed by atoms with Crippen molar-refractivity contribution < 1.29 is 35.1 Å². The summed E-state index contributed by atoms with van der Waals surface area (Å²) < 4.78 is 4.53. The van der Waals surface area contributed by atoms with E-state index >= 15 is 0 Å². The average Bonchev–Trinajstić information content (AvgIpc) is 2.08. The minimum absolute atomic E-state index is 1.00. The first kappa shape index (κ1) is 11.3. The number of hydrogen-bond donors (Lipinski definition) is 5. The maximum absolute atomic E-state index is 10.5. The smallest absolute Gasteiger partial charge is 0.335 e. The zero-order chi connectivity index (χ0) is 11.1. The van der Waals surface area contributed by atoms with Crippen LogP contribution in [-0.4, -0.2) is 61.7 Å². The number of hydrogen-bond acceptors (Lipinski definition) is 6. The number of aliphatic hydroxyl groups is 4. The van der Waals surface area contributed by atoms with E-state index in [1.165, 1.54) is 0 Å². The van der Waals surface area contributed by atoms with Crippen LogP contribution in [0.25, 0.3) is 0 Å². The van der Waals surface area contributed by atoms with Crippen LogP contribution in [-0.2, 0) is 9.53 Å². The van der Waals surface area contributed by atoms with E-state index in [4.69, 9.17) is 5.11 Å². The van der Waals surface area contributed by atoms with Gasteiger partial charge in [0, 0.05) is 0 Å². The Bertz CT molecular complexity index is 238. The highest BCUT2D eigenvalue weighted by Gasteiger charge is 2.52. The molecule has 1 aliphatic heterocycles. The van der Waals surface area contributed by atoms with Crippen molar-refractivity contribution in [3.8, 4) is 0 Å². The summed E-state index contributed by atoms with van der Waals surface area (Å²) in [6.45, 7) is 1.00. The second-order valence-electron chi connectivity index (χ2n) is 3.36. The number of carboxylic acids is 1. The van der Waals surface area contributed by atoms with E-state index in [2.05, 4.69) is 4.74 Å². The lowest BCUT2D eigenvalue weighted by Crippen LogP contribution is -2.64. The van der Waals surface area contributed by atoms with Crippen molar-refractivity contribution in [2.75, 3.05) is 0 Å². The van der Waals surface area contributed by atoms with E-state index in [-0.39, 0.29) is 0 Å². The molecule has 0 aromatic heterocycles. The lowest BCUT2D eigenvalue weighted by molar-refractivity contribution is -0.333. The molecule has 1 saturated heterocycles. The summed E-state index contributed by atoms with van der Waals surface area (Å²) in [7, 11) is 0. The molecule has 7 nitrogen and oxygen atoms in total. The Morgan fingerprint density at radius 1 is 1.29 bits per heavy atom. The molecule has 1 rings (SSSR count). The van der Waals surface area contributed by atoms with Gasteiger partial charge < -0.3 is 30.3 Å². The quantitative estimate of drug-likeness (QED) is 0.316. The first-order valence-corrected chi connectivity index (χ1v) is 3.94. The van der Waals surface area contributed by atoms with Gasteiger partial charge in [-0.2, -0.15) is 0 Å². The van der Waals surface area contributed by atoms with E-state index < -0.39 is 36.2 Å². The maximum Gasteiger partial charge on any atom is 0.335 e. The van der Waals surface area contributed by atoms with E-state index in [0.717, 1.165) is 6.92 Å². The Balaban J connectivity index is 2.90. The molecule has 0 saturated carbocycles. The molecule has 7 heteroatoms. The third-order valence-corrected chi connectivity index (χ3v) is 2.14. The van der Waals surface area contributed by atoms with E-state index in [0.29, 0.717) is 0 Å². The molecule has 14 heavy (non-hydrogen) atoms. The van der Waals surface area contributed by atoms with Crippen LogP contribution in [0.4, 0.5) is 0 Å². The Morgan fingerprint density at radius 3 is 2.21 bits per heavy atom. The monoisotopic (exact) mass is 208 g/mol. The normalized spacial score (nSPS) is 48.9. The Morgan fingerprint density at radius 2 is 1.79 bits per heavy atom. The Hall–Kier alpha value is -0.730. The van der Waals surface area contributed by atoms with Gasteiger partial charge in [-0.3, -0.25) is 0 Å². The number of carboxylic acid groups (broad SMARTS) is 1. The second kappa shape index (κ2) is 3.44. The third kappa shape index (κ3) is 1.72. The predicted molar refractivity (Wildman–Crippen MR) is 41.2 cm³/mol. The fourth-order valence-electron chi connectivity index (χ4n) is 1.28. The van der Waals surface area contributed by atoms with Crippen molar-refractivity contribution in [3.63, 3.8) is 0 Å². The third-order valence-electron chi connectivity index (χ3n) is 2.14. The highest BCUT2D eigenvalue weighted by atomic mass is 16.7. The van der Waals surface area contributed by atoms with Crippen molar-refractivity contribution >= 4 is 5.97 Å². The lowest BCUT2D eigenvalue weighted by Gasteiger charge is -2.42. The van der Waals surface area contributed by atoms with E-state index in [1.54, 1.807) is 0 Å². The summed E-state index contributed by atoms with van der Waals surface area (Å²) in [6.07, 6.45) is -7.06. The molecule has 0 spiro atoms. The molecule has 82 valence electrons. The van der Waals surface area contributed by atoms with Crippen LogP contribution in [0.2, 0.25) is 0 Å². The zero-order valence-corrected chi connectivity index (χ0v) is 7.36. The van der Waals surface area contributed by atoms with Gasteiger partial charge in [0.05, 0.1) is 0 Å². The second-order valence-corrected chi connectivity index (χ2v) is 3.36. The summed E-state index contributed by atoms with van der Waals surface area (Å²) >= 11 is 0. The molecular formula is C7H12O7. The van der Waals surface area contributed by atoms with Gasteiger partial charge in [0.2, 0.25) is 0 Å². The number of ether oxygens (including phenoxy) is 1. The first-order chi connectivity index (χ1) is 6.27. The molecule has 5 atom stereocenters. The van der Waals surface area contributed by atoms with Gasteiger partial charge in [-0.05, 0) is 6.92 Å². The SMILES string of the molecule is C[C@@]1(O)O[C@H](C(=O)O)[C@@H](O)[C@H](O)[C@H]1O. The summed E-state index contributed by atoms with van der Waals surface area (Å²) in [5.41, 5.74) is 0. The molecule has 0 bridgehead atoms. The van der Waals surface area contributed by atoms with Crippen LogP contribution in [0.3, 0.4) is 0 Å². The van der Waals surface area contributed by atoms with Crippen LogP contribution in [0.1, 0.15) is 6.92 Å². The number of aliphatic carboxylic acids is 1. The van der Waals surface area contributed by atoms with Gasteiger partial charge in [0.15, 0.2) is 11.9 Å². The summed E-state index contributed by atoms with van der Waals surface area (Å²) in [6, 6.07) is 0. The highest BCUT2D eigenvalue weighted by Crippen LogP contribution is 2.27. The Labute approximate surface area is 79.2 Å². The van der Waals surface area contributed by atoms with E-state index in [9.17, 15) is 25.2 Å². The summed E-state index contributed by atoms with van der Waals surface area (Å²) in [4.78, 5) is 10.5. The molecule has 0 radical (unpaired) electrons. The first-order valence-electron chi connectivity index (χ1n) is 3.94. The van der Waals surface area contributed by atoms with Crippen molar-refractivity contribution in [2.24, 2.45) is 0 Å². The topological polar surface area (TPSA) is 127 Å². The average molecular weight is 208 g/mol. The molecule has 0 aliphatic carbocycles. The van der Waals surface area contributed by atoms with Crippen molar-refractivity contribution in [3.05, 3.63) is 0 Å². The molecular weight excluding hydrogens is 196 g/mol. The van der Waals surface area contributed by atoms with Crippen LogP contribution < -0.4 is 0 Å². The largest absolute Gasteiger partial charge is 0.479 e. The van der Waals surface area contributed by atoms with Crippen LogP contribution in [0, 0.1) is 0 Å². The molecule has 0 amide bonds. The number of carbonyl (C=O) groups is 1. The van der Waals surface area contributed by atoms with Gasteiger partial charge in [-0.25, -0.2) is 4.79 Å². The molecule has 0 aromatic carbocycles. The van der Waals surface area contributed by atoms with Crippen LogP contribution in [0.15, 0.2) is 0 Å². The molecule has 5 N–H and O–H groups in total. The minimum Gasteiger partial charge on any atom is -0.479 e. The maximum atomic E-state index is 10.5. The van der Waals surface area contributed by atoms with Crippen LogP contribution >= 0.6 is 0 Å². The van der Waals surface area contributed by atoms with Gasteiger partial charge in [-0.15, -0.1) is 0 Å². The van der Waals surface area contributed by atoms with Gasteiger partial charge in [0.25, 0.3) is 0 Å². The molecule has 0 aromatic rings. The minimum atomic E-state index is -2.19. The lowest BCUT2D eigenvalue weighted by atomic mass is 9.93. The van der Waals surface area contributed by atoms with Crippen molar-refractivity contribution in [2.45, 2.75) is 37.1 Å². The predicted octanol–water partition coefficient (Wildman–Crippen LogP) is -2.74. The summed E-state index contributed by atoms with van der Waals surface area (Å²) in [5, 5.41) is 45.5. The van der Waals surface area contributed by atoms with Crippen molar-refractivity contribution in [1.82, 2.24) is 0 Å². The number of rotatable bonds is 1. The van der Waals surface area contributed by atoms with E-state index in [1.807, 2.05) is 0 Å².